The molecule has 1 aliphatic carbocycles. The van der Waals surface area contributed by atoms with Gasteiger partial charge in [0.2, 0.25) is 5.91 Å². The number of nitrogens with zero attached hydrogens (tertiary/aromatic N) is 2. The van der Waals surface area contributed by atoms with Crippen LogP contribution >= 0.6 is 0 Å². The van der Waals surface area contributed by atoms with Crippen molar-refractivity contribution in [3.8, 4) is 0 Å². The van der Waals surface area contributed by atoms with E-state index >= 15 is 0 Å². The van der Waals surface area contributed by atoms with Gasteiger partial charge in [-0.25, -0.2) is 4.39 Å². The SMILES string of the molecule is O=C1Nc2ccccc2[C@]12C[C@H]2c1ccc2c(C=Cc3ccc(CN4CCOCC4)c(F)c3)n[nH]c2c1. The maximum Gasteiger partial charge on any atom is 0.235 e. The number of rotatable bonds is 5. The molecule has 2 N–H and O–H groups in total. The highest BCUT2D eigenvalue weighted by molar-refractivity contribution is 6.09. The molecule has 7 heteroatoms. The monoisotopic (exact) mass is 494 g/mol. The van der Waals surface area contributed by atoms with E-state index in [-0.39, 0.29) is 17.6 Å². The Labute approximate surface area is 214 Å². The molecule has 0 radical (unpaired) electrons. The summed E-state index contributed by atoms with van der Waals surface area (Å²) in [4.78, 5) is 15.1. The molecule has 1 spiro atoms. The smallest absolute Gasteiger partial charge is 0.235 e. The molecule has 0 unspecified atom stereocenters. The van der Waals surface area contributed by atoms with Crippen LogP contribution in [0.15, 0.2) is 60.7 Å². The first-order chi connectivity index (χ1) is 18.1. The Morgan fingerprint density at radius 2 is 1.95 bits per heavy atom. The van der Waals surface area contributed by atoms with Crippen LogP contribution in [0.4, 0.5) is 10.1 Å². The Morgan fingerprint density at radius 1 is 1.08 bits per heavy atom. The largest absolute Gasteiger partial charge is 0.379 e. The van der Waals surface area contributed by atoms with Gasteiger partial charge in [-0.2, -0.15) is 5.10 Å². The van der Waals surface area contributed by atoms with Gasteiger partial charge < -0.3 is 10.1 Å². The van der Waals surface area contributed by atoms with Gasteiger partial charge in [0, 0.05) is 42.2 Å². The number of H-pyrrole nitrogens is 1. The molecule has 0 bridgehead atoms. The summed E-state index contributed by atoms with van der Waals surface area (Å²) in [6.45, 7) is 3.66. The van der Waals surface area contributed by atoms with Gasteiger partial charge in [-0.15, -0.1) is 0 Å². The third kappa shape index (κ3) is 3.77. The minimum Gasteiger partial charge on any atom is -0.379 e. The second-order valence-electron chi connectivity index (χ2n) is 10.2. The molecule has 3 aromatic carbocycles. The molecule has 1 saturated carbocycles. The van der Waals surface area contributed by atoms with Gasteiger partial charge in [-0.05, 0) is 47.4 Å². The molecule has 3 aliphatic rings. The highest BCUT2D eigenvalue weighted by Gasteiger charge is 2.65. The molecule has 2 atom stereocenters. The molecule has 186 valence electrons. The lowest BCUT2D eigenvalue weighted by Gasteiger charge is -2.26. The Morgan fingerprint density at radius 3 is 2.81 bits per heavy atom. The Hall–Kier alpha value is -3.81. The standard InChI is InChI=1S/C30H27FN4O2/c31-25-15-19(5-7-21(25)18-35-11-13-37-14-12-35)6-10-26-22-9-8-20(16-28(22)34-33-26)24-17-30(24)23-3-1-2-4-27(23)32-29(30)36/h1-10,15-16,24H,11-14,17-18H2,(H,32,36)(H,33,34)/t24-,30-/m0/s1. The third-order valence-electron chi connectivity index (χ3n) is 8.05. The normalized spacial score (nSPS) is 23.2. The first-order valence-electron chi connectivity index (χ1n) is 12.8. The zero-order valence-electron chi connectivity index (χ0n) is 20.3. The topological polar surface area (TPSA) is 70.2 Å². The summed E-state index contributed by atoms with van der Waals surface area (Å²) in [6, 6.07) is 19.6. The average molecular weight is 495 g/mol. The molecule has 2 fully saturated rings. The highest BCUT2D eigenvalue weighted by Crippen LogP contribution is 2.64. The van der Waals surface area contributed by atoms with Crippen LogP contribution in [0.25, 0.3) is 23.1 Å². The summed E-state index contributed by atoms with van der Waals surface area (Å²) in [5, 5.41) is 11.7. The average Bonchev–Trinajstić information content (AvgIpc) is 3.45. The van der Waals surface area contributed by atoms with Crippen LogP contribution in [0.2, 0.25) is 0 Å². The van der Waals surface area contributed by atoms with Crippen LogP contribution in [-0.2, 0) is 21.5 Å². The summed E-state index contributed by atoms with van der Waals surface area (Å²) in [5.74, 6) is 0.0538. The molecule has 2 aliphatic heterocycles. The van der Waals surface area contributed by atoms with Crippen molar-refractivity contribution in [2.75, 3.05) is 31.6 Å². The summed E-state index contributed by atoms with van der Waals surface area (Å²) in [5.41, 5.74) is 5.93. The minimum absolute atomic E-state index is 0.0928. The molecule has 4 aromatic rings. The van der Waals surface area contributed by atoms with Crippen LogP contribution in [0.3, 0.4) is 0 Å². The van der Waals surface area contributed by atoms with Crippen molar-refractivity contribution in [1.29, 1.82) is 0 Å². The number of fused-ring (bicyclic) bond motifs is 3. The lowest BCUT2D eigenvalue weighted by molar-refractivity contribution is -0.118. The number of carbonyl (C=O) groups excluding carboxylic acids is 1. The van der Waals surface area contributed by atoms with Gasteiger partial charge in [-0.1, -0.05) is 48.5 Å². The zero-order chi connectivity index (χ0) is 25.0. The number of benzene rings is 3. The molecular weight excluding hydrogens is 467 g/mol. The number of morpholine rings is 1. The molecule has 6 nitrogen and oxygen atoms in total. The fourth-order valence-electron chi connectivity index (χ4n) is 5.92. The van der Waals surface area contributed by atoms with Crippen LogP contribution in [0.1, 0.15) is 40.3 Å². The molecule has 3 heterocycles. The predicted molar refractivity (Wildman–Crippen MR) is 142 cm³/mol. The molecule has 1 saturated heterocycles. The first kappa shape index (κ1) is 22.4. The second kappa shape index (κ2) is 8.64. The summed E-state index contributed by atoms with van der Waals surface area (Å²) < 4.78 is 20.1. The van der Waals surface area contributed by atoms with Crippen molar-refractivity contribution >= 4 is 34.6 Å². The summed E-state index contributed by atoms with van der Waals surface area (Å²) >= 11 is 0. The van der Waals surface area contributed by atoms with E-state index in [1.54, 1.807) is 6.07 Å². The number of amides is 1. The molecule has 1 aromatic heterocycles. The molecular formula is C30H27FN4O2. The first-order valence-corrected chi connectivity index (χ1v) is 12.8. The highest BCUT2D eigenvalue weighted by atomic mass is 19.1. The van der Waals surface area contributed by atoms with Gasteiger partial charge in [-0.3, -0.25) is 14.8 Å². The number of para-hydroxylation sites is 1. The number of hydrogen-bond donors (Lipinski definition) is 2. The Bertz CT molecular complexity index is 1550. The van der Waals surface area contributed by atoms with Crippen molar-refractivity contribution < 1.29 is 13.9 Å². The maximum absolute atomic E-state index is 14.8. The van der Waals surface area contributed by atoms with E-state index in [9.17, 15) is 9.18 Å². The minimum atomic E-state index is -0.453. The lowest BCUT2D eigenvalue weighted by Crippen LogP contribution is -2.35. The fraction of sp³-hybridized carbons (Fsp3) is 0.267. The maximum atomic E-state index is 14.8. The van der Waals surface area contributed by atoms with E-state index in [1.165, 1.54) is 0 Å². The van der Waals surface area contributed by atoms with Crippen molar-refractivity contribution in [2.24, 2.45) is 0 Å². The Kier molecular flexibility index (Phi) is 5.23. The van der Waals surface area contributed by atoms with Gasteiger partial charge >= 0.3 is 0 Å². The van der Waals surface area contributed by atoms with Crippen molar-refractivity contribution in [3.05, 3.63) is 94.4 Å². The van der Waals surface area contributed by atoms with E-state index in [1.807, 2.05) is 42.5 Å². The van der Waals surface area contributed by atoms with E-state index in [4.69, 9.17) is 4.74 Å². The third-order valence-corrected chi connectivity index (χ3v) is 8.05. The van der Waals surface area contributed by atoms with Crippen molar-refractivity contribution in [3.63, 3.8) is 0 Å². The predicted octanol–water partition coefficient (Wildman–Crippen LogP) is 5.08. The van der Waals surface area contributed by atoms with Gasteiger partial charge in [0.15, 0.2) is 0 Å². The van der Waals surface area contributed by atoms with Crippen LogP contribution in [-0.4, -0.2) is 47.3 Å². The number of ether oxygens (including phenoxy) is 1. The van der Waals surface area contributed by atoms with E-state index in [2.05, 4.69) is 44.7 Å². The zero-order valence-corrected chi connectivity index (χ0v) is 20.3. The number of anilines is 1. The quantitative estimate of drug-likeness (QED) is 0.406. The number of aromatic nitrogens is 2. The fourth-order valence-corrected chi connectivity index (χ4v) is 5.92. The second-order valence-corrected chi connectivity index (χ2v) is 10.2. The number of nitrogens with one attached hydrogen (secondary N) is 2. The van der Waals surface area contributed by atoms with Crippen LogP contribution in [0, 0.1) is 5.82 Å². The van der Waals surface area contributed by atoms with Crippen molar-refractivity contribution in [2.45, 2.75) is 24.3 Å². The summed E-state index contributed by atoms with van der Waals surface area (Å²) in [6.07, 6.45) is 4.62. The number of hydrogen-bond acceptors (Lipinski definition) is 4. The van der Waals surface area contributed by atoms with Gasteiger partial charge in [0.1, 0.15) is 5.82 Å². The number of halogens is 1. The van der Waals surface area contributed by atoms with Gasteiger partial charge in [0.05, 0.1) is 29.8 Å². The molecule has 37 heavy (non-hydrogen) atoms. The van der Waals surface area contributed by atoms with E-state index < -0.39 is 5.41 Å². The van der Waals surface area contributed by atoms with E-state index in [0.717, 1.165) is 58.5 Å². The van der Waals surface area contributed by atoms with Crippen LogP contribution in [0.5, 0.6) is 0 Å². The molecule has 7 rings (SSSR count). The number of carbonyl (C=O) groups is 1. The molecule has 1 amide bonds. The lowest BCUT2D eigenvalue weighted by atomic mass is 9.92. The van der Waals surface area contributed by atoms with Gasteiger partial charge in [0.25, 0.3) is 0 Å². The Balaban J connectivity index is 1.09. The van der Waals surface area contributed by atoms with Crippen molar-refractivity contribution in [1.82, 2.24) is 15.1 Å². The van der Waals surface area contributed by atoms with E-state index in [0.29, 0.717) is 25.3 Å². The summed E-state index contributed by atoms with van der Waals surface area (Å²) in [7, 11) is 0. The number of aromatic amines is 1. The van der Waals surface area contributed by atoms with Crippen LogP contribution < -0.4 is 5.32 Å².